The number of hydrogen-bond acceptors (Lipinski definition) is 3. The Bertz CT molecular complexity index is 142. The van der Waals surface area contributed by atoms with Crippen LogP contribution in [0.2, 0.25) is 0 Å². The van der Waals surface area contributed by atoms with E-state index < -0.39 is 0 Å². The van der Waals surface area contributed by atoms with Gasteiger partial charge in [-0.3, -0.25) is 0 Å². The molecule has 0 heterocycles. The second-order valence-electron chi connectivity index (χ2n) is 3.20. The van der Waals surface area contributed by atoms with E-state index in [2.05, 4.69) is 6.92 Å². The van der Waals surface area contributed by atoms with Crippen LogP contribution >= 0.6 is 0 Å². The molecule has 0 saturated heterocycles. The molecule has 0 radical (unpaired) electrons. The Hall–Kier alpha value is -0.590. The summed E-state index contributed by atoms with van der Waals surface area (Å²) < 4.78 is 5.32. The molecular weight excluding hydrogens is 164 g/mol. The number of nitrogens with two attached hydrogens (primary N) is 1. The van der Waals surface area contributed by atoms with Crippen LogP contribution in [0.25, 0.3) is 0 Å². The SMILES string of the molecule is CCCCCCOCCC(N)C#N. The molecule has 0 aliphatic rings. The summed E-state index contributed by atoms with van der Waals surface area (Å²) in [6.45, 7) is 3.60. The average molecular weight is 184 g/mol. The van der Waals surface area contributed by atoms with E-state index in [1.54, 1.807) is 0 Å². The Morgan fingerprint density at radius 2 is 2.08 bits per heavy atom. The van der Waals surface area contributed by atoms with Crippen LogP contribution in [-0.4, -0.2) is 19.3 Å². The van der Waals surface area contributed by atoms with Crippen molar-refractivity contribution in [3.05, 3.63) is 0 Å². The summed E-state index contributed by atoms with van der Waals surface area (Å²) in [5, 5.41) is 8.38. The van der Waals surface area contributed by atoms with Gasteiger partial charge in [0.1, 0.15) is 0 Å². The number of nitrogens with zero attached hydrogens (tertiary/aromatic N) is 1. The van der Waals surface area contributed by atoms with Crippen LogP contribution in [0, 0.1) is 11.3 Å². The van der Waals surface area contributed by atoms with Crippen LogP contribution in [-0.2, 0) is 4.74 Å². The smallest absolute Gasteiger partial charge is 0.0950 e. The Kier molecular flexibility index (Phi) is 9.07. The van der Waals surface area contributed by atoms with Gasteiger partial charge in [0, 0.05) is 13.2 Å². The van der Waals surface area contributed by atoms with Crippen LogP contribution in [0.4, 0.5) is 0 Å². The van der Waals surface area contributed by atoms with Gasteiger partial charge < -0.3 is 10.5 Å². The zero-order valence-electron chi connectivity index (χ0n) is 8.46. The van der Waals surface area contributed by atoms with E-state index in [9.17, 15) is 0 Å². The molecule has 3 nitrogen and oxygen atoms in total. The molecule has 13 heavy (non-hydrogen) atoms. The van der Waals surface area contributed by atoms with Gasteiger partial charge in [0.15, 0.2) is 0 Å². The molecule has 0 aromatic rings. The molecule has 0 fully saturated rings. The van der Waals surface area contributed by atoms with Crippen molar-refractivity contribution >= 4 is 0 Å². The normalized spacial score (nSPS) is 12.4. The monoisotopic (exact) mass is 184 g/mol. The summed E-state index contributed by atoms with van der Waals surface area (Å²) in [4.78, 5) is 0. The first-order valence-electron chi connectivity index (χ1n) is 5.04. The highest BCUT2D eigenvalue weighted by Crippen LogP contribution is 1.99. The molecule has 0 aromatic carbocycles. The number of nitriles is 1. The van der Waals surface area contributed by atoms with E-state index in [0.29, 0.717) is 13.0 Å². The summed E-state index contributed by atoms with van der Waals surface area (Å²) in [5.41, 5.74) is 5.39. The quantitative estimate of drug-likeness (QED) is 0.585. The standard InChI is InChI=1S/C10H20N2O/c1-2-3-4-5-7-13-8-6-10(12)9-11/h10H,2-8,12H2,1H3. The van der Waals surface area contributed by atoms with E-state index >= 15 is 0 Å². The van der Waals surface area contributed by atoms with Crippen molar-refractivity contribution in [1.29, 1.82) is 5.26 Å². The van der Waals surface area contributed by atoms with Crippen LogP contribution in [0.5, 0.6) is 0 Å². The van der Waals surface area contributed by atoms with Gasteiger partial charge in [0.05, 0.1) is 12.1 Å². The minimum atomic E-state index is -0.365. The van der Waals surface area contributed by atoms with Gasteiger partial charge in [0.25, 0.3) is 0 Å². The minimum absolute atomic E-state index is 0.365. The fraction of sp³-hybridized carbons (Fsp3) is 0.900. The van der Waals surface area contributed by atoms with Crippen molar-refractivity contribution in [2.75, 3.05) is 13.2 Å². The minimum Gasteiger partial charge on any atom is -0.381 e. The van der Waals surface area contributed by atoms with Crippen molar-refractivity contribution in [3.8, 4) is 6.07 Å². The van der Waals surface area contributed by atoms with E-state index in [1.807, 2.05) is 6.07 Å². The maximum Gasteiger partial charge on any atom is 0.0950 e. The predicted octanol–water partition coefficient (Wildman–Crippen LogP) is 1.82. The van der Waals surface area contributed by atoms with Gasteiger partial charge in [-0.1, -0.05) is 26.2 Å². The largest absolute Gasteiger partial charge is 0.381 e. The molecule has 0 rings (SSSR count). The summed E-state index contributed by atoms with van der Waals surface area (Å²) in [6, 6.07) is 1.61. The maximum atomic E-state index is 8.38. The fourth-order valence-electron chi connectivity index (χ4n) is 1.01. The first-order valence-corrected chi connectivity index (χ1v) is 5.04. The summed E-state index contributed by atoms with van der Waals surface area (Å²) in [7, 11) is 0. The van der Waals surface area contributed by atoms with E-state index in [0.717, 1.165) is 13.0 Å². The second-order valence-corrected chi connectivity index (χ2v) is 3.20. The van der Waals surface area contributed by atoms with Crippen molar-refractivity contribution in [2.24, 2.45) is 5.73 Å². The van der Waals surface area contributed by atoms with Gasteiger partial charge in [0.2, 0.25) is 0 Å². The fourth-order valence-corrected chi connectivity index (χ4v) is 1.01. The third kappa shape index (κ3) is 9.32. The summed E-state index contributed by atoms with van der Waals surface area (Å²) in [5.74, 6) is 0. The Morgan fingerprint density at radius 1 is 1.31 bits per heavy atom. The number of hydrogen-bond donors (Lipinski definition) is 1. The highest BCUT2D eigenvalue weighted by Gasteiger charge is 1.98. The molecule has 1 atom stereocenters. The van der Waals surface area contributed by atoms with Gasteiger partial charge in [-0.15, -0.1) is 0 Å². The molecule has 1 unspecified atom stereocenters. The van der Waals surface area contributed by atoms with E-state index in [1.165, 1.54) is 19.3 Å². The highest BCUT2D eigenvalue weighted by atomic mass is 16.5. The molecule has 0 aliphatic heterocycles. The van der Waals surface area contributed by atoms with Crippen molar-refractivity contribution in [3.63, 3.8) is 0 Å². The highest BCUT2D eigenvalue weighted by molar-refractivity contribution is 4.85. The summed E-state index contributed by atoms with van der Waals surface area (Å²) in [6.07, 6.45) is 5.53. The number of rotatable bonds is 8. The topological polar surface area (TPSA) is 59.0 Å². The zero-order chi connectivity index (χ0) is 9.94. The molecule has 0 saturated carbocycles. The van der Waals surface area contributed by atoms with Crippen LogP contribution < -0.4 is 5.73 Å². The number of ether oxygens (including phenoxy) is 1. The average Bonchev–Trinajstić information content (AvgIpc) is 2.16. The molecule has 0 bridgehead atoms. The molecule has 3 heteroatoms. The molecule has 0 aromatic heterocycles. The van der Waals surface area contributed by atoms with Gasteiger partial charge in [-0.25, -0.2) is 0 Å². The van der Waals surface area contributed by atoms with Gasteiger partial charge in [-0.05, 0) is 12.8 Å². The van der Waals surface area contributed by atoms with E-state index in [-0.39, 0.29) is 6.04 Å². The van der Waals surface area contributed by atoms with Crippen molar-refractivity contribution in [1.82, 2.24) is 0 Å². The van der Waals surface area contributed by atoms with Gasteiger partial charge >= 0.3 is 0 Å². The number of unbranched alkanes of at least 4 members (excludes halogenated alkanes) is 3. The van der Waals surface area contributed by atoms with Crippen LogP contribution in [0.1, 0.15) is 39.0 Å². The molecule has 0 aliphatic carbocycles. The van der Waals surface area contributed by atoms with Crippen LogP contribution in [0.15, 0.2) is 0 Å². The Morgan fingerprint density at radius 3 is 2.69 bits per heavy atom. The molecule has 2 N–H and O–H groups in total. The second kappa shape index (κ2) is 9.50. The Balaban J connectivity index is 2.96. The summed E-state index contributed by atoms with van der Waals surface area (Å²) >= 11 is 0. The zero-order valence-corrected chi connectivity index (χ0v) is 8.46. The lowest BCUT2D eigenvalue weighted by molar-refractivity contribution is 0.126. The third-order valence-corrected chi connectivity index (χ3v) is 1.88. The Labute approximate surface area is 80.9 Å². The van der Waals surface area contributed by atoms with E-state index in [4.69, 9.17) is 15.7 Å². The lowest BCUT2D eigenvalue weighted by Gasteiger charge is -2.04. The first-order chi connectivity index (χ1) is 6.31. The molecule has 0 spiro atoms. The van der Waals surface area contributed by atoms with Gasteiger partial charge in [-0.2, -0.15) is 5.26 Å². The van der Waals surface area contributed by atoms with Crippen molar-refractivity contribution in [2.45, 2.75) is 45.1 Å². The molecule has 76 valence electrons. The maximum absolute atomic E-state index is 8.38. The van der Waals surface area contributed by atoms with Crippen molar-refractivity contribution < 1.29 is 4.74 Å². The predicted molar refractivity (Wildman–Crippen MR) is 53.2 cm³/mol. The lowest BCUT2D eigenvalue weighted by atomic mass is 10.2. The molecular formula is C10H20N2O. The third-order valence-electron chi connectivity index (χ3n) is 1.88. The lowest BCUT2D eigenvalue weighted by Crippen LogP contribution is -2.19. The first kappa shape index (κ1) is 12.4. The molecule has 0 amide bonds. The van der Waals surface area contributed by atoms with Crippen LogP contribution in [0.3, 0.4) is 0 Å².